The number of nitrogens with one attached hydrogen (secondary N) is 1. The van der Waals surface area contributed by atoms with Crippen LogP contribution in [0.15, 0.2) is 29.2 Å². The van der Waals surface area contributed by atoms with Gasteiger partial charge in [0.05, 0.1) is 11.6 Å². The number of hydrogen-bond acceptors (Lipinski definition) is 4. The van der Waals surface area contributed by atoms with Crippen LogP contribution in [0.3, 0.4) is 0 Å². The third-order valence-corrected chi connectivity index (χ3v) is 6.69. The van der Waals surface area contributed by atoms with Gasteiger partial charge in [-0.15, -0.1) is 0 Å². The average molecular weight is 383 g/mol. The molecule has 0 unspecified atom stereocenters. The predicted octanol–water partition coefficient (Wildman–Crippen LogP) is 2.26. The second kappa shape index (κ2) is 7.33. The van der Waals surface area contributed by atoms with E-state index >= 15 is 0 Å². The smallest absolute Gasteiger partial charge is 0.259 e. The number of aromatic amines is 1. The summed E-state index contributed by atoms with van der Waals surface area (Å²) in [6, 6.07) is 5.97. The van der Waals surface area contributed by atoms with Crippen molar-refractivity contribution in [1.29, 1.82) is 0 Å². The second-order valence-electron chi connectivity index (χ2n) is 8.54. The molecule has 2 heterocycles. The highest BCUT2D eigenvalue weighted by molar-refractivity contribution is 5.97. The third kappa shape index (κ3) is 3.14. The number of fused-ring (bicyclic) bond motifs is 2. The Morgan fingerprint density at radius 3 is 2.61 bits per heavy atom. The number of likely N-dealkylation sites (N-methyl/N-ethyl adjacent to an activating group) is 1. The lowest BCUT2D eigenvalue weighted by atomic mass is 9.77. The molecular weight excluding hydrogens is 354 g/mol. The van der Waals surface area contributed by atoms with Crippen LogP contribution in [0.1, 0.15) is 28.8 Å². The Morgan fingerprint density at radius 2 is 1.93 bits per heavy atom. The summed E-state index contributed by atoms with van der Waals surface area (Å²) in [5, 5.41) is 0.578. The maximum atomic E-state index is 13.2. The Labute approximate surface area is 165 Å². The van der Waals surface area contributed by atoms with Crippen LogP contribution in [0.4, 0.5) is 0 Å². The van der Waals surface area contributed by atoms with E-state index in [2.05, 4.69) is 24.0 Å². The molecule has 2 aliphatic rings. The van der Waals surface area contributed by atoms with E-state index < -0.39 is 0 Å². The second-order valence-corrected chi connectivity index (χ2v) is 8.54. The predicted molar refractivity (Wildman–Crippen MR) is 110 cm³/mol. The minimum Gasteiger partial charge on any atom is -0.380 e. The van der Waals surface area contributed by atoms with Gasteiger partial charge in [0.25, 0.3) is 5.91 Å². The van der Waals surface area contributed by atoms with E-state index in [-0.39, 0.29) is 23.0 Å². The Kier molecular flexibility index (Phi) is 5.02. The maximum Gasteiger partial charge on any atom is 0.259 e. The van der Waals surface area contributed by atoms with Crippen LogP contribution >= 0.6 is 0 Å². The molecule has 1 amide bonds. The zero-order chi connectivity index (χ0) is 20.0. The fourth-order valence-corrected chi connectivity index (χ4v) is 5.09. The molecule has 0 radical (unpaired) electrons. The van der Waals surface area contributed by atoms with Gasteiger partial charge in [0.2, 0.25) is 5.43 Å². The van der Waals surface area contributed by atoms with Gasteiger partial charge in [-0.1, -0.05) is 12.1 Å². The number of aryl methyl sites for hydroxylation is 1. The summed E-state index contributed by atoms with van der Waals surface area (Å²) in [6.07, 6.45) is 3.76. The Balaban J connectivity index is 1.58. The summed E-state index contributed by atoms with van der Waals surface area (Å²) in [4.78, 5) is 33.4. The number of H-pyrrole nitrogens is 1. The molecule has 150 valence electrons. The van der Waals surface area contributed by atoms with Gasteiger partial charge in [0.1, 0.15) is 5.56 Å². The number of methoxy groups -OCH3 is 1. The number of carbonyl (C=O) groups is 1. The number of para-hydroxylation sites is 1. The molecule has 1 saturated heterocycles. The topological polar surface area (TPSA) is 65.6 Å². The summed E-state index contributed by atoms with van der Waals surface area (Å²) in [7, 11) is 5.95. The normalized spacial score (nSPS) is 27.4. The molecule has 6 nitrogen and oxygen atoms in total. The lowest BCUT2D eigenvalue weighted by molar-refractivity contribution is -0.0209. The lowest BCUT2D eigenvalue weighted by Gasteiger charge is -2.40. The summed E-state index contributed by atoms with van der Waals surface area (Å²) in [5.74, 6) is 0.742. The molecule has 4 atom stereocenters. The standard InChI is InChI=1S/C22H29N3O3/c1-13-6-5-7-16-20(13)23-10-17(21(16)26)22(27)25-11-14-8-18(24(2)3)19(28-4)9-15(14)12-25/h5-7,10,14-15,18-19H,8-9,11-12H2,1-4H3,(H,23,26)/t14-,15+,18-,19-/m1/s1. The highest BCUT2D eigenvalue weighted by Gasteiger charge is 2.44. The molecule has 1 aromatic carbocycles. The number of carbonyl (C=O) groups excluding carboxylic acids is 1. The molecule has 1 aromatic heterocycles. The quantitative estimate of drug-likeness (QED) is 0.883. The van der Waals surface area contributed by atoms with Crippen molar-refractivity contribution < 1.29 is 9.53 Å². The van der Waals surface area contributed by atoms with E-state index in [0.717, 1.165) is 30.5 Å². The molecule has 1 saturated carbocycles. The van der Waals surface area contributed by atoms with Crippen LogP contribution in [-0.2, 0) is 4.74 Å². The number of ether oxygens (including phenoxy) is 1. The van der Waals surface area contributed by atoms with Gasteiger partial charge in [-0.3, -0.25) is 9.59 Å². The molecule has 6 heteroatoms. The van der Waals surface area contributed by atoms with Crippen LogP contribution in [-0.4, -0.2) is 67.1 Å². The first kappa shape index (κ1) is 19.2. The van der Waals surface area contributed by atoms with E-state index in [1.54, 1.807) is 19.4 Å². The van der Waals surface area contributed by atoms with Gasteiger partial charge in [0.15, 0.2) is 0 Å². The molecule has 1 aliphatic heterocycles. The van der Waals surface area contributed by atoms with E-state index in [1.807, 2.05) is 24.0 Å². The van der Waals surface area contributed by atoms with E-state index in [4.69, 9.17) is 4.74 Å². The highest BCUT2D eigenvalue weighted by Crippen LogP contribution is 2.39. The number of aromatic nitrogens is 1. The van der Waals surface area contributed by atoms with Crippen molar-refractivity contribution in [3.63, 3.8) is 0 Å². The summed E-state index contributed by atoms with van der Waals surface area (Å²) < 4.78 is 5.73. The van der Waals surface area contributed by atoms with Crippen LogP contribution in [0.2, 0.25) is 0 Å². The molecular formula is C22H29N3O3. The van der Waals surface area contributed by atoms with E-state index in [9.17, 15) is 9.59 Å². The monoisotopic (exact) mass is 383 g/mol. The molecule has 28 heavy (non-hydrogen) atoms. The number of hydrogen-bond donors (Lipinski definition) is 1. The largest absolute Gasteiger partial charge is 0.380 e. The number of rotatable bonds is 3. The van der Waals surface area contributed by atoms with Gasteiger partial charge < -0.3 is 19.5 Å². The van der Waals surface area contributed by atoms with Gasteiger partial charge in [-0.25, -0.2) is 0 Å². The molecule has 0 spiro atoms. The Morgan fingerprint density at radius 1 is 1.21 bits per heavy atom. The first-order chi connectivity index (χ1) is 13.4. The van der Waals surface area contributed by atoms with Crippen LogP contribution < -0.4 is 5.43 Å². The maximum absolute atomic E-state index is 13.2. The summed E-state index contributed by atoms with van der Waals surface area (Å²) >= 11 is 0. The minimum atomic E-state index is -0.182. The van der Waals surface area contributed by atoms with Crippen LogP contribution in [0.25, 0.3) is 10.9 Å². The lowest BCUT2D eigenvalue weighted by Crippen LogP contribution is -2.47. The van der Waals surface area contributed by atoms with Crippen molar-refractivity contribution >= 4 is 16.8 Å². The molecule has 0 bridgehead atoms. The number of likely N-dealkylation sites (tertiary alicyclic amines) is 1. The Hall–Kier alpha value is -2.18. The van der Waals surface area contributed by atoms with Gasteiger partial charge >= 0.3 is 0 Å². The summed E-state index contributed by atoms with van der Waals surface area (Å²) in [6.45, 7) is 3.38. The molecule has 1 aliphatic carbocycles. The zero-order valence-electron chi connectivity index (χ0n) is 17.1. The number of benzene rings is 1. The van der Waals surface area contributed by atoms with Crippen molar-refractivity contribution in [3.8, 4) is 0 Å². The number of amides is 1. The SMILES string of the molecule is CO[C@@H]1C[C@H]2CN(C(=O)c3c[nH]c4c(C)cccc4c3=O)C[C@H]2C[C@H]1N(C)C. The third-order valence-electron chi connectivity index (χ3n) is 6.69. The highest BCUT2D eigenvalue weighted by atomic mass is 16.5. The van der Waals surface area contributed by atoms with Crippen molar-refractivity contribution in [2.75, 3.05) is 34.3 Å². The first-order valence-electron chi connectivity index (χ1n) is 10.00. The van der Waals surface area contributed by atoms with Crippen molar-refractivity contribution in [3.05, 3.63) is 45.7 Å². The number of pyridine rings is 1. The molecule has 2 aromatic rings. The first-order valence-corrected chi connectivity index (χ1v) is 10.00. The molecule has 1 N–H and O–H groups in total. The van der Waals surface area contributed by atoms with Gasteiger partial charge in [-0.05, 0) is 57.3 Å². The fraction of sp³-hybridized carbons (Fsp3) is 0.545. The Bertz CT molecular complexity index is 952. The van der Waals surface area contributed by atoms with Crippen LogP contribution in [0, 0.1) is 18.8 Å². The average Bonchev–Trinajstić information content (AvgIpc) is 3.10. The molecule has 2 fully saturated rings. The zero-order valence-corrected chi connectivity index (χ0v) is 17.1. The number of nitrogens with zero attached hydrogens (tertiary/aromatic N) is 2. The van der Waals surface area contributed by atoms with Crippen molar-refractivity contribution in [2.24, 2.45) is 11.8 Å². The van der Waals surface area contributed by atoms with Gasteiger partial charge in [-0.2, -0.15) is 0 Å². The molecule has 4 rings (SSSR count). The van der Waals surface area contributed by atoms with Crippen LogP contribution in [0.5, 0.6) is 0 Å². The summed E-state index contributed by atoms with van der Waals surface area (Å²) in [5.41, 5.74) is 1.86. The van der Waals surface area contributed by atoms with Crippen molar-refractivity contribution in [2.45, 2.75) is 31.9 Å². The van der Waals surface area contributed by atoms with E-state index in [1.165, 1.54) is 0 Å². The van der Waals surface area contributed by atoms with Gasteiger partial charge in [0, 0.05) is 37.8 Å². The van der Waals surface area contributed by atoms with Crippen molar-refractivity contribution in [1.82, 2.24) is 14.8 Å². The fourth-order valence-electron chi connectivity index (χ4n) is 5.09. The van der Waals surface area contributed by atoms with E-state index in [0.29, 0.717) is 29.8 Å². The minimum absolute atomic E-state index is 0.158.